The molecule has 0 saturated carbocycles. The molecule has 0 saturated heterocycles. The van der Waals surface area contributed by atoms with E-state index in [9.17, 15) is 4.79 Å². The summed E-state index contributed by atoms with van der Waals surface area (Å²) in [5.41, 5.74) is 2.63. The van der Waals surface area contributed by atoms with Gasteiger partial charge in [-0.15, -0.1) is 0 Å². The highest BCUT2D eigenvalue weighted by atomic mass is 79.9. The molecule has 2 heteroatoms. The van der Waals surface area contributed by atoms with E-state index in [0.29, 0.717) is 12.2 Å². The number of carbonyl (C=O) groups is 1. The quantitative estimate of drug-likeness (QED) is 0.636. The molecule has 1 aromatic rings. The monoisotopic (exact) mass is 310 g/mol. The number of hydrogen-bond donors (Lipinski definition) is 0. The van der Waals surface area contributed by atoms with Gasteiger partial charge in [-0.1, -0.05) is 60.5 Å². The molecule has 0 heterocycles. The average molecular weight is 311 g/mol. The molecule has 0 aromatic heterocycles. The van der Waals surface area contributed by atoms with Gasteiger partial charge in [0.1, 0.15) is 5.78 Å². The Balaban J connectivity index is 2.50. The van der Waals surface area contributed by atoms with Gasteiger partial charge in [-0.2, -0.15) is 0 Å². The van der Waals surface area contributed by atoms with Crippen LogP contribution in [0, 0.1) is 0 Å². The van der Waals surface area contributed by atoms with Crippen LogP contribution in [0.2, 0.25) is 0 Å². The average Bonchev–Trinajstić information content (AvgIpc) is 2.38. The maximum Gasteiger partial charge on any atom is 0.146 e. The van der Waals surface area contributed by atoms with Crippen LogP contribution in [0.5, 0.6) is 0 Å². The highest BCUT2D eigenvalue weighted by Gasteiger charge is 2.14. The van der Waals surface area contributed by atoms with E-state index >= 15 is 0 Å². The van der Waals surface area contributed by atoms with E-state index in [0.717, 1.165) is 19.3 Å². The first-order valence-electron chi connectivity index (χ1n) is 6.92. The van der Waals surface area contributed by atoms with Crippen LogP contribution in [0.1, 0.15) is 50.7 Å². The SMILES string of the molecule is CCCCc1ccc(CC(Br)C(=O)CCC)cc1. The summed E-state index contributed by atoms with van der Waals surface area (Å²) in [6, 6.07) is 8.68. The molecule has 18 heavy (non-hydrogen) atoms. The Morgan fingerprint density at radius 2 is 1.72 bits per heavy atom. The molecule has 1 nitrogen and oxygen atoms in total. The lowest BCUT2D eigenvalue weighted by molar-refractivity contribution is -0.118. The van der Waals surface area contributed by atoms with Gasteiger partial charge in [0, 0.05) is 6.42 Å². The van der Waals surface area contributed by atoms with Crippen LogP contribution in [0.3, 0.4) is 0 Å². The molecule has 0 fully saturated rings. The van der Waals surface area contributed by atoms with Crippen LogP contribution in [0.25, 0.3) is 0 Å². The molecule has 0 aliphatic carbocycles. The molecular formula is C16H23BrO. The zero-order chi connectivity index (χ0) is 13.4. The number of carbonyl (C=O) groups excluding carboxylic acids is 1. The van der Waals surface area contributed by atoms with E-state index < -0.39 is 0 Å². The van der Waals surface area contributed by atoms with E-state index in [2.05, 4.69) is 47.1 Å². The fourth-order valence-corrected chi connectivity index (χ4v) is 2.55. The van der Waals surface area contributed by atoms with Crippen molar-refractivity contribution in [1.82, 2.24) is 0 Å². The van der Waals surface area contributed by atoms with Crippen LogP contribution in [-0.2, 0) is 17.6 Å². The number of unbranched alkanes of at least 4 members (excludes halogenated alkanes) is 1. The second-order valence-electron chi connectivity index (χ2n) is 4.81. The van der Waals surface area contributed by atoms with E-state index in [-0.39, 0.29) is 4.83 Å². The maximum atomic E-state index is 11.7. The smallest absolute Gasteiger partial charge is 0.146 e. The van der Waals surface area contributed by atoms with Gasteiger partial charge < -0.3 is 0 Å². The fraction of sp³-hybridized carbons (Fsp3) is 0.562. The van der Waals surface area contributed by atoms with Crippen molar-refractivity contribution in [1.29, 1.82) is 0 Å². The topological polar surface area (TPSA) is 17.1 Å². The molecule has 0 aliphatic heterocycles. The summed E-state index contributed by atoms with van der Waals surface area (Å²) in [5, 5.41) is 0. The molecule has 0 N–H and O–H groups in total. The van der Waals surface area contributed by atoms with Gasteiger partial charge in [-0.25, -0.2) is 0 Å². The van der Waals surface area contributed by atoms with Crippen molar-refractivity contribution < 1.29 is 4.79 Å². The standard InChI is InChI=1S/C16H23BrO/c1-3-5-7-13-8-10-14(11-9-13)12-15(17)16(18)6-4-2/h8-11,15H,3-7,12H2,1-2H3. The summed E-state index contributed by atoms with van der Waals surface area (Å²) >= 11 is 3.49. The van der Waals surface area contributed by atoms with Crippen molar-refractivity contribution in [3.05, 3.63) is 35.4 Å². The Bertz CT molecular complexity index is 356. The molecule has 1 unspecified atom stereocenters. The van der Waals surface area contributed by atoms with E-state index in [1.165, 1.54) is 24.0 Å². The first kappa shape index (κ1) is 15.4. The van der Waals surface area contributed by atoms with Crippen molar-refractivity contribution in [3.8, 4) is 0 Å². The van der Waals surface area contributed by atoms with Crippen molar-refractivity contribution in [3.63, 3.8) is 0 Å². The lowest BCUT2D eigenvalue weighted by Crippen LogP contribution is -2.16. The number of Topliss-reactive ketones (excluding diaryl/α,β-unsaturated/α-hetero) is 1. The van der Waals surface area contributed by atoms with Gasteiger partial charge in [-0.3, -0.25) is 4.79 Å². The molecule has 1 aromatic carbocycles. The Morgan fingerprint density at radius 3 is 2.28 bits per heavy atom. The highest BCUT2D eigenvalue weighted by molar-refractivity contribution is 9.10. The zero-order valence-electron chi connectivity index (χ0n) is 11.4. The van der Waals surface area contributed by atoms with Gasteiger partial charge in [0.25, 0.3) is 0 Å². The summed E-state index contributed by atoms with van der Waals surface area (Å²) in [6.45, 7) is 4.25. The van der Waals surface area contributed by atoms with Crippen LogP contribution < -0.4 is 0 Å². The van der Waals surface area contributed by atoms with E-state index in [1.807, 2.05) is 6.92 Å². The van der Waals surface area contributed by atoms with Crippen molar-refractivity contribution in [2.24, 2.45) is 0 Å². The largest absolute Gasteiger partial charge is 0.298 e. The van der Waals surface area contributed by atoms with Crippen LogP contribution >= 0.6 is 15.9 Å². The molecule has 1 rings (SSSR count). The van der Waals surface area contributed by atoms with Crippen molar-refractivity contribution in [2.45, 2.75) is 57.2 Å². The molecular weight excluding hydrogens is 288 g/mol. The fourth-order valence-electron chi connectivity index (χ4n) is 1.95. The minimum absolute atomic E-state index is 0.0288. The minimum atomic E-state index is -0.0288. The summed E-state index contributed by atoms with van der Waals surface area (Å²) in [4.78, 5) is 11.7. The van der Waals surface area contributed by atoms with Crippen molar-refractivity contribution >= 4 is 21.7 Å². The summed E-state index contributed by atoms with van der Waals surface area (Å²) in [5.74, 6) is 0.313. The number of hydrogen-bond acceptors (Lipinski definition) is 1. The number of rotatable bonds is 8. The number of ketones is 1. The van der Waals surface area contributed by atoms with Crippen LogP contribution in [0.15, 0.2) is 24.3 Å². The van der Waals surface area contributed by atoms with Gasteiger partial charge in [0.15, 0.2) is 0 Å². The minimum Gasteiger partial charge on any atom is -0.298 e. The first-order chi connectivity index (χ1) is 8.67. The summed E-state index contributed by atoms with van der Waals surface area (Å²) in [6.07, 6.45) is 6.03. The molecule has 1 atom stereocenters. The molecule has 0 aliphatic rings. The van der Waals surface area contributed by atoms with Crippen molar-refractivity contribution in [2.75, 3.05) is 0 Å². The molecule has 0 bridgehead atoms. The second kappa shape index (κ2) is 8.47. The third kappa shape index (κ3) is 5.34. The van der Waals surface area contributed by atoms with Gasteiger partial charge in [0.2, 0.25) is 0 Å². The zero-order valence-corrected chi connectivity index (χ0v) is 13.0. The number of benzene rings is 1. The molecule has 0 spiro atoms. The Morgan fingerprint density at radius 1 is 1.11 bits per heavy atom. The normalized spacial score (nSPS) is 12.4. The Kier molecular flexibility index (Phi) is 7.26. The lowest BCUT2D eigenvalue weighted by Gasteiger charge is -2.09. The van der Waals surface area contributed by atoms with Gasteiger partial charge in [0.05, 0.1) is 4.83 Å². The number of aryl methyl sites for hydroxylation is 1. The highest BCUT2D eigenvalue weighted by Crippen LogP contribution is 2.15. The van der Waals surface area contributed by atoms with Crippen LogP contribution in [0.4, 0.5) is 0 Å². The Hall–Kier alpha value is -0.630. The predicted molar refractivity (Wildman–Crippen MR) is 81.4 cm³/mol. The first-order valence-corrected chi connectivity index (χ1v) is 7.83. The number of halogens is 1. The summed E-state index contributed by atoms with van der Waals surface area (Å²) in [7, 11) is 0. The molecule has 100 valence electrons. The molecule has 0 radical (unpaired) electrons. The lowest BCUT2D eigenvalue weighted by atomic mass is 10.0. The third-order valence-corrected chi connectivity index (χ3v) is 3.94. The van der Waals surface area contributed by atoms with Gasteiger partial charge >= 0.3 is 0 Å². The number of alkyl halides is 1. The van der Waals surface area contributed by atoms with Crippen LogP contribution in [-0.4, -0.2) is 10.6 Å². The van der Waals surface area contributed by atoms with E-state index in [1.54, 1.807) is 0 Å². The van der Waals surface area contributed by atoms with Gasteiger partial charge in [-0.05, 0) is 36.8 Å². The predicted octanol–water partition coefficient (Wildman–Crippen LogP) is 4.70. The summed E-state index contributed by atoms with van der Waals surface area (Å²) < 4.78 is 0. The maximum absolute atomic E-state index is 11.7. The van der Waals surface area contributed by atoms with E-state index in [4.69, 9.17) is 0 Å². The second-order valence-corrected chi connectivity index (χ2v) is 5.91. The molecule has 0 amide bonds. The Labute approximate surface area is 119 Å². The third-order valence-electron chi connectivity index (χ3n) is 3.10.